The van der Waals surface area contributed by atoms with Crippen LogP contribution in [0, 0.1) is 5.82 Å². The van der Waals surface area contributed by atoms with Crippen molar-refractivity contribution in [1.29, 1.82) is 0 Å². The van der Waals surface area contributed by atoms with Crippen LogP contribution >= 0.6 is 34.5 Å². The van der Waals surface area contributed by atoms with E-state index < -0.39 is 5.82 Å². The molecule has 0 N–H and O–H groups in total. The molecule has 104 valence electrons. The average molecular weight is 329 g/mol. The molecule has 2 nitrogen and oxygen atoms in total. The van der Waals surface area contributed by atoms with Crippen LogP contribution in [0.2, 0.25) is 5.02 Å². The summed E-state index contributed by atoms with van der Waals surface area (Å²) in [6, 6.07) is 5.06. The van der Waals surface area contributed by atoms with E-state index >= 15 is 0 Å². The molecule has 0 amide bonds. The first-order valence-corrected chi connectivity index (χ1v) is 7.96. The summed E-state index contributed by atoms with van der Waals surface area (Å²) in [7, 11) is 0. The second-order valence-electron chi connectivity index (χ2n) is 4.45. The van der Waals surface area contributed by atoms with Crippen molar-refractivity contribution in [3.05, 3.63) is 51.2 Å². The molecule has 0 unspecified atom stereocenters. The van der Waals surface area contributed by atoms with E-state index in [0.717, 1.165) is 24.3 Å². The molecule has 0 aliphatic heterocycles. The molecule has 0 aliphatic carbocycles. The lowest BCUT2D eigenvalue weighted by Gasteiger charge is -2.07. The Labute approximate surface area is 129 Å². The van der Waals surface area contributed by atoms with Gasteiger partial charge in [0.1, 0.15) is 11.6 Å². The normalized spacial score (nSPS) is 11.3. The standard InChI is InChI=1S/C14H11Cl2FN2S/c15-7-14-18-12-6-11(17)10(16)5-13(12)19(14)3-1-9-2-4-20-8-9/h2,4-6,8H,1,3,7H2. The quantitative estimate of drug-likeness (QED) is 0.624. The van der Waals surface area contributed by atoms with Crippen molar-refractivity contribution in [2.24, 2.45) is 0 Å². The van der Waals surface area contributed by atoms with Gasteiger partial charge >= 0.3 is 0 Å². The number of fused-ring (bicyclic) bond motifs is 1. The third-order valence-electron chi connectivity index (χ3n) is 3.19. The molecular formula is C14H11Cl2FN2S. The van der Waals surface area contributed by atoms with Crippen molar-refractivity contribution < 1.29 is 4.39 Å². The number of alkyl halides is 1. The highest BCUT2D eigenvalue weighted by Crippen LogP contribution is 2.25. The Balaban J connectivity index is 2.01. The van der Waals surface area contributed by atoms with Crippen LogP contribution in [0.4, 0.5) is 4.39 Å². The van der Waals surface area contributed by atoms with Gasteiger partial charge in [0.15, 0.2) is 0 Å². The lowest BCUT2D eigenvalue weighted by atomic mass is 10.2. The summed E-state index contributed by atoms with van der Waals surface area (Å²) in [5, 5.41) is 4.28. The monoisotopic (exact) mass is 328 g/mol. The van der Waals surface area contributed by atoms with Gasteiger partial charge in [0.25, 0.3) is 0 Å². The van der Waals surface area contributed by atoms with Gasteiger partial charge < -0.3 is 4.57 Å². The van der Waals surface area contributed by atoms with Crippen molar-refractivity contribution in [2.75, 3.05) is 0 Å². The molecule has 2 aromatic heterocycles. The van der Waals surface area contributed by atoms with Crippen molar-refractivity contribution in [3.63, 3.8) is 0 Å². The van der Waals surface area contributed by atoms with E-state index in [9.17, 15) is 4.39 Å². The Hall–Kier alpha value is -1.10. The summed E-state index contributed by atoms with van der Waals surface area (Å²) in [6.45, 7) is 0.747. The van der Waals surface area contributed by atoms with Crippen molar-refractivity contribution >= 4 is 45.6 Å². The van der Waals surface area contributed by atoms with E-state index in [2.05, 4.69) is 21.8 Å². The van der Waals surface area contributed by atoms with Crippen LogP contribution < -0.4 is 0 Å². The van der Waals surface area contributed by atoms with Crippen LogP contribution in [0.15, 0.2) is 29.0 Å². The fraction of sp³-hybridized carbons (Fsp3) is 0.214. The Morgan fingerprint density at radius 3 is 2.90 bits per heavy atom. The van der Waals surface area contributed by atoms with Gasteiger partial charge in [0.2, 0.25) is 0 Å². The minimum absolute atomic E-state index is 0.107. The van der Waals surface area contributed by atoms with Crippen LogP contribution in [0.1, 0.15) is 11.4 Å². The maximum atomic E-state index is 13.5. The zero-order valence-corrected chi connectivity index (χ0v) is 12.8. The van der Waals surface area contributed by atoms with Gasteiger partial charge in [0, 0.05) is 12.6 Å². The number of imidazole rings is 1. The molecule has 2 heterocycles. The largest absolute Gasteiger partial charge is 0.327 e. The lowest BCUT2D eigenvalue weighted by molar-refractivity contribution is 0.629. The summed E-state index contributed by atoms with van der Waals surface area (Å²) in [5.74, 6) is 0.568. The van der Waals surface area contributed by atoms with Crippen LogP contribution in [0.5, 0.6) is 0 Å². The van der Waals surface area contributed by atoms with Crippen LogP contribution in [0.3, 0.4) is 0 Å². The average Bonchev–Trinajstić information content (AvgIpc) is 3.05. The molecule has 1 aromatic carbocycles. The molecule has 0 atom stereocenters. The molecule has 20 heavy (non-hydrogen) atoms. The number of hydrogen-bond donors (Lipinski definition) is 0. The third-order valence-corrected chi connectivity index (χ3v) is 4.45. The molecule has 0 aliphatic rings. The zero-order valence-electron chi connectivity index (χ0n) is 10.4. The number of benzene rings is 1. The Bertz CT molecular complexity index is 737. The van der Waals surface area contributed by atoms with Gasteiger partial charge in [-0.05, 0) is 34.9 Å². The van der Waals surface area contributed by atoms with Gasteiger partial charge in [-0.2, -0.15) is 11.3 Å². The predicted molar refractivity (Wildman–Crippen MR) is 82.3 cm³/mol. The lowest BCUT2D eigenvalue weighted by Crippen LogP contribution is -2.04. The third kappa shape index (κ3) is 2.55. The van der Waals surface area contributed by atoms with E-state index in [-0.39, 0.29) is 10.9 Å². The molecular weight excluding hydrogens is 318 g/mol. The Morgan fingerprint density at radius 1 is 1.35 bits per heavy atom. The van der Waals surface area contributed by atoms with Crippen molar-refractivity contribution in [2.45, 2.75) is 18.8 Å². The Morgan fingerprint density at radius 2 is 2.20 bits per heavy atom. The molecule has 3 aromatic rings. The molecule has 0 bridgehead atoms. The first-order chi connectivity index (χ1) is 9.69. The SMILES string of the molecule is Fc1cc2nc(CCl)n(CCc3ccsc3)c2cc1Cl. The van der Waals surface area contributed by atoms with Crippen molar-refractivity contribution in [3.8, 4) is 0 Å². The summed E-state index contributed by atoms with van der Waals surface area (Å²) < 4.78 is 15.5. The zero-order chi connectivity index (χ0) is 14.1. The number of halogens is 3. The number of nitrogens with zero attached hydrogens (tertiary/aromatic N) is 2. The number of aryl methyl sites for hydroxylation is 2. The highest BCUT2D eigenvalue weighted by atomic mass is 35.5. The molecule has 0 spiro atoms. The summed E-state index contributed by atoms with van der Waals surface area (Å²) in [5.41, 5.74) is 2.68. The highest BCUT2D eigenvalue weighted by molar-refractivity contribution is 7.07. The molecule has 3 rings (SSSR count). The summed E-state index contributed by atoms with van der Waals surface area (Å²) in [6.07, 6.45) is 0.883. The number of aromatic nitrogens is 2. The first-order valence-electron chi connectivity index (χ1n) is 6.10. The second-order valence-corrected chi connectivity index (χ2v) is 5.90. The maximum absolute atomic E-state index is 13.5. The van der Waals surface area contributed by atoms with Crippen molar-refractivity contribution in [1.82, 2.24) is 9.55 Å². The summed E-state index contributed by atoms with van der Waals surface area (Å²) in [4.78, 5) is 4.37. The van der Waals surface area contributed by atoms with Crippen LogP contribution in [0.25, 0.3) is 11.0 Å². The smallest absolute Gasteiger partial charge is 0.144 e. The number of rotatable bonds is 4. The van der Waals surface area contributed by atoms with Gasteiger partial charge in [-0.25, -0.2) is 9.37 Å². The van der Waals surface area contributed by atoms with E-state index in [0.29, 0.717) is 5.52 Å². The minimum Gasteiger partial charge on any atom is -0.327 e. The fourth-order valence-corrected chi connectivity index (χ4v) is 3.26. The van der Waals surface area contributed by atoms with E-state index in [4.69, 9.17) is 23.2 Å². The topological polar surface area (TPSA) is 17.8 Å². The molecule has 6 heteroatoms. The van der Waals surface area contributed by atoms with E-state index in [1.807, 2.05) is 4.57 Å². The van der Waals surface area contributed by atoms with Gasteiger partial charge in [-0.1, -0.05) is 11.6 Å². The second kappa shape index (κ2) is 5.72. The highest BCUT2D eigenvalue weighted by Gasteiger charge is 2.13. The molecule has 0 saturated heterocycles. The summed E-state index contributed by atoms with van der Waals surface area (Å²) >= 11 is 13.5. The number of thiophene rings is 1. The number of hydrogen-bond acceptors (Lipinski definition) is 2. The first kappa shape index (κ1) is 13.9. The van der Waals surface area contributed by atoms with E-state index in [1.165, 1.54) is 11.6 Å². The maximum Gasteiger partial charge on any atom is 0.144 e. The van der Waals surface area contributed by atoms with Gasteiger partial charge in [0.05, 0.1) is 21.9 Å². The van der Waals surface area contributed by atoms with Crippen LogP contribution in [-0.2, 0) is 18.8 Å². The molecule has 0 radical (unpaired) electrons. The van der Waals surface area contributed by atoms with Crippen LogP contribution in [-0.4, -0.2) is 9.55 Å². The minimum atomic E-state index is -0.456. The van der Waals surface area contributed by atoms with Gasteiger partial charge in [-0.15, -0.1) is 11.6 Å². The van der Waals surface area contributed by atoms with E-state index in [1.54, 1.807) is 17.4 Å². The fourth-order valence-electron chi connectivity index (χ4n) is 2.20. The Kier molecular flexibility index (Phi) is 3.96. The molecule has 0 fully saturated rings. The molecule has 0 saturated carbocycles. The predicted octanol–water partition coefficient (Wildman–Crippen LogP) is 4.87. The van der Waals surface area contributed by atoms with Gasteiger partial charge in [-0.3, -0.25) is 0 Å².